The van der Waals surface area contributed by atoms with E-state index in [1.807, 2.05) is 6.07 Å². The van der Waals surface area contributed by atoms with Crippen LogP contribution in [-0.4, -0.2) is 79.2 Å². The maximum atomic E-state index is 13.4. The summed E-state index contributed by atoms with van der Waals surface area (Å²) >= 11 is 0. The minimum atomic E-state index is -0.452. The third kappa shape index (κ3) is 5.28. The molecule has 3 aliphatic rings. The lowest BCUT2D eigenvalue weighted by atomic mass is 10.0. The smallest absolute Gasteiger partial charge is 0.328 e. The van der Waals surface area contributed by atoms with Crippen molar-refractivity contribution in [3.63, 3.8) is 0 Å². The molecule has 1 saturated heterocycles. The molecule has 0 spiro atoms. The molecular formula is C27H30N6O6. The number of likely N-dealkylation sites (N-methyl/N-ethyl adjacent to an activating group) is 1. The number of hydrogen-bond donors (Lipinski definition) is 1. The highest BCUT2D eigenvalue weighted by Gasteiger charge is 2.32. The van der Waals surface area contributed by atoms with E-state index in [1.54, 1.807) is 19.1 Å². The normalized spacial score (nSPS) is 19.5. The van der Waals surface area contributed by atoms with Gasteiger partial charge in [-0.25, -0.2) is 14.8 Å². The second-order valence-electron chi connectivity index (χ2n) is 9.85. The minimum Gasteiger partial charge on any atom is -0.486 e. The molecule has 2 aromatic rings. The number of nitrogens with zero attached hydrogens (tertiary/aromatic N) is 5. The maximum Gasteiger partial charge on any atom is 0.328 e. The van der Waals surface area contributed by atoms with Crippen LogP contribution in [0.5, 0.6) is 5.75 Å². The average Bonchev–Trinajstić information content (AvgIpc) is 3.63. The van der Waals surface area contributed by atoms with Crippen molar-refractivity contribution in [1.82, 2.24) is 14.9 Å². The predicted molar refractivity (Wildman–Crippen MR) is 139 cm³/mol. The fraction of sp³-hybridized carbons (Fsp3) is 0.481. The van der Waals surface area contributed by atoms with Crippen LogP contribution in [0, 0.1) is 11.3 Å². The first-order valence-corrected chi connectivity index (χ1v) is 12.9. The van der Waals surface area contributed by atoms with Gasteiger partial charge >= 0.3 is 6.03 Å². The lowest BCUT2D eigenvalue weighted by Crippen LogP contribution is -2.40. The number of carbonyl (C=O) groups excluding carboxylic acids is 3. The molecule has 39 heavy (non-hydrogen) atoms. The number of aromatic nitrogens is 2. The van der Waals surface area contributed by atoms with Crippen LogP contribution in [-0.2, 0) is 33.7 Å². The van der Waals surface area contributed by atoms with Gasteiger partial charge in [-0.3, -0.25) is 19.8 Å². The van der Waals surface area contributed by atoms with Gasteiger partial charge < -0.3 is 19.1 Å². The van der Waals surface area contributed by atoms with E-state index in [2.05, 4.69) is 21.4 Å². The summed E-state index contributed by atoms with van der Waals surface area (Å²) in [5.74, 6) is 0.983. The number of methoxy groups -OCH3 is 1. The molecule has 1 fully saturated rings. The molecule has 2 atom stereocenters. The Balaban J connectivity index is 1.37. The van der Waals surface area contributed by atoms with Crippen molar-refractivity contribution < 1.29 is 28.6 Å². The Kier molecular flexibility index (Phi) is 7.72. The van der Waals surface area contributed by atoms with Gasteiger partial charge in [0.2, 0.25) is 0 Å². The molecule has 3 amide bonds. The van der Waals surface area contributed by atoms with Crippen molar-refractivity contribution in [2.24, 2.45) is 0 Å². The highest BCUT2D eigenvalue weighted by atomic mass is 16.5. The third-order valence-corrected chi connectivity index (χ3v) is 7.16. The van der Waals surface area contributed by atoms with Crippen LogP contribution < -0.4 is 15.0 Å². The van der Waals surface area contributed by atoms with E-state index >= 15 is 0 Å². The molecular weight excluding hydrogens is 504 g/mol. The van der Waals surface area contributed by atoms with Gasteiger partial charge in [0.15, 0.2) is 6.29 Å². The summed E-state index contributed by atoms with van der Waals surface area (Å²) in [5, 5.41) is 12.3. The number of aldehydes is 1. The zero-order valence-corrected chi connectivity index (χ0v) is 21.9. The van der Waals surface area contributed by atoms with E-state index < -0.39 is 12.1 Å². The number of urea groups is 1. The first-order chi connectivity index (χ1) is 18.9. The Morgan fingerprint density at radius 1 is 1.38 bits per heavy atom. The first-order valence-electron chi connectivity index (χ1n) is 12.9. The lowest BCUT2D eigenvalue weighted by molar-refractivity contribution is -0.140. The van der Waals surface area contributed by atoms with Crippen molar-refractivity contribution in [3.05, 3.63) is 40.2 Å². The van der Waals surface area contributed by atoms with Crippen LogP contribution in [0.4, 0.5) is 16.4 Å². The van der Waals surface area contributed by atoms with Crippen LogP contribution in [0.1, 0.15) is 52.0 Å². The zero-order chi connectivity index (χ0) is 27.5. The number of amides is 3. The molecule has 5 heterocycles. The fourth-order valence-corrected chi connectivity index (χ4v) is 5.27. The Hall–Kier alpha value is -4.08. The summed E-state index contributed by atoms with van der Waals surface area (Å²) in [7, 11) is 3.25. The predicted octanol–water partition coefficient (Wildman–Crippen LogP) is 2.23. The number of aryl methyl sites for hydroxylation is 1. The number of nitrogens with one attached hydrogen (secondary N) is 1. The fourth-order valence-electron chi connectivity index (χ4n) is 5.27. The molecule has 1 N–H and O–H groups in total. The van der Waals surface area contributed by atoms with Crippen LogP contribution in [0.25, 0.3) is 0 Å². The molecule has 0 radical (unpaired) electrons. The largest absolute Gasteiger partial charge is 0.486 e. The average molecular weight is 535 g/mol. The van der Waals surface area contributed by atoms with Crippen molar-refractivity contribution in [1.29, 1.82) is 5.26 Å². The monoisotopic (exact) mass is 534 g/mol. The number of pyridine rings is 2. The molecule has 0 aromatic carbocycles. The summed E-state index contributed by atoms with van der Waals surface area (Å²) in [4.78, 5) is 50.1. The van der Waals surface area contributed by atoms with E-state index in [1.165, 1.54) is 11.1 Å². The van der Waals surface area contributed by atoms with Crippen molar-refractivity contribution in [3.8, 4) is 11.8 Å². The van der Waals surface area contributed by atoms with Crippen molar-refractivity contribution in [2.45, 2.75) is 50.9 Å². The minimum absolute atomic E-state index is 0.123. The molecule has 0 aliphatic carbocycles. The number of rotatable bonds is 7. The SMILES string of the molecule is COCC1Cc2c(NC(=O)N3CCCc4cc(CN(C)C(=O)C5CCCO5)c(C=O)nc43)ncc(C#N)c2O1. The third-order valence-electron chi connectivity index (χ3n) is 7.16. The van der Waals surface area contributed by atoms with Gasteiger partial charge in [-0.1, -0.05) is 0 Å². The highest BCUT2D eigenvalue weighted by molar-refractivity contribution is 6.02. The lowest BCUT2D eigenvalue weighted by Gasteiger charge is -2.30. The Morgan fingerprint density at radius 3 is 2.95 bits per heavy atom. The van der Waals surface area contributed by atoms with Crippen molar-refractivity contribution >= 4 is 29.9 Å². The van der Waals surface area contributed by atoms with E-state index in [0.717, 1.165) is 12.0 Å². The number of ether oxygens (including phenoxy) is 3. The number of anilines is 2. The molecule has 204 valence electrons. The van der Waals surface area contributed by atoms with Crippen molar-refractivity contribution in [2.75, 3.05) is 44.1 Å². The number of nitriles is 1. The molecule has 2 aromatic heterocycles. The van der Waals surface area contributed by atoms with Crippen LogP contribution in [0.2, 0.25) is 0 Å². The van der Waals surface area contributed by atoms with Gasteiger partial charge in [-0.2, -0.15) is 5.26 Å². The molecule has 0 saturated carbocycles. The van der Waals surface area contributed by atoms with E-state index in [9.17, 15) is 19.6 Å². The summed E-state index contributed by atoms with van der Waals surface area (Å²) < 4.78 is 16.6. The summed E-state index contributed by atoms with van der Waals surface area (Å²) in [5.41, 5.74) is 2.54. The molecule has 2 unspecified atom stereocenters. The van der Waals surface area contributed by atoms with Crippen LogP contribution >= 0.6 is 0 Å². The summed E-state index contributed by atoms with van der Waals surface area (Å²) in [6.07, 6.45) is 4.64. The first kappa shape index (κ1) is 26.5. The van der Waals surface area contributed by atoms with E-state index in [0.29, 0.717) is 80.2 Å². The quantitative estimate of drug-likeness (QED) is 0.528. The van der Waals surface area contributed by atoms with Gasteiger partial charge in [0.25, 0.3) is 5.91 Å². The number of fused-ring (bicyclic) bond motifs is 2. The van der Waals surface area contributed by atoms with Gasteiger partial charge in [-0.05, 0) is 37.3 Å². The van der Waals surface area contributed by atoms with E-state index in [-0.39, 0.29) is 29.8 Å². The second kappa shape index (κ2) is 11.3. The maximum absolute atomic E-state index is 13.4. The van der Waals surface area contributed by atoms with Gasteiger partial charge in [0.1, 0.15) is 46.9 Å². The summed E-state index contributed by atoms with van der Waals surface area (Å²) in [6.45, 7) is 1.52. The van der Waals surface area contributed by atoms with Crippen LogP contribution in [0.3, 0.4) is 0 Å². The van der Waals surface area contributed by atoms with Crippen LogP contribution in [0.15, 0.2) is 12.3 Å². The van der Waals surface area contributed by atoms with E-state index in [4.69, 9.17) is 14.2 Å². The molecule has 5 rings (SSSR count). The summed E-state index contributed by atoms with van der Waals surface area (Å²) in [6, 6.07) is 3.48. The Morgan fingerprint density at radius 2 is 2.23 bits per heavy atom. The van der Waals surface area contributed by atoms with Gasteiger partial charge in [0.05, 0.1) is 12.8 Å². The molecule has 0 bridgehead atoms. The molecule has 3 aliphatic heterocycles. The number of hydrogen-bond acceptors (Lipinski definition) is 9. The standard InChI is InChI=1S/C27H30N6O6/c1-32(26(35)22-6-4-8-38-22)13-17-9-16-5-3-7-33(25(16)30-21(17)14-34)27(36)31-24-20-10-19(15-37-2)39-23(20)18(11-28)12-29-24/h9,12,14,19,22H,3-8,10,13,15H2,1-2H3,(H,29,31,36). The second-order valence-corrected chi connectivity index (χ2v) is 9.85. The highest BCUT2D eigenvalue weighted by Crippen LogP contribution is 2.37. The Bertz CT molecular complexity index is 1340. The Labute approximate surface area is 225 Å². The van der Waals surface area contributed by atoms with Gasteiger partial charge in [-0.15, -0.1) is 0 Å². The molecule has 12 heteroatoms. The van der Waals surface area contributed by atoms with Gasteiger partial charge in [0, 0.05) is 51.4 Å². The molecule has 12 nitrogen and oxygen atoms in total. The zero-order valence-electron chi connectivity index (χ0n) is 21.9. The number of carbonyl (C=O) groups is 3. The topological polar surface area (TPSA) is 147 Å².